The van der Waals surface area contributed by atoms with E-state index in [1.54, 1.807) is 0 Å². The fourth-order valence-corrected chi connectivity index (χ4v) is 8.36. The van der Waals surface area contributed by atoms with Crippen LogP contribution in [0.1, 0.15) is 100 Å². The van der Waals surface area contributed by atoms with Crippen LogP contribution in [0.3, 0.4) is 0 Å². The molecule has 0 radical (unpaired) electrons. The van der Waals surface area contributed by atoms with Gasteiger partial charge >= 0.3 is 0 Å². The second kappa shape index (κ2) is 19.2. The highest BCUT2D eigenvalue weighted by Crippen LogP contribution is 2.25. The molecule has 0 amide bonds. The normalized spacial score (nSPS) is 20.8. The fraction of sp³-hybridized carbons (Fsp3) is 0.600. The van der Waals surface area contributed by atoms with Crippen LogP contribution in [0, 0.1) is 11.8 Å². The molecular formula is C45H68N4O. The molecule has 5 rings (SSSR count). The van der Waals surface area contributed by atoms with Crippen LogP contribution in [0.15, 0.2) is 72.8 Å². The van der Waals surface area contributed by atoms with Gasteiger partial charge in [-0.15, -0.1) is 0 Å². The first-order valence-electron chi connectivity index (χ1n) is 20.0. The van der Waals surface area contributed by atoms with Gasteiger partial charge in [0, 0.05) is 64.4 Å². The number of hydrogen-bond acceptors (Lipinski definition) is 5. The standard InChI is InChI=1S/C45H68N4O/c1-34(2)27-38-10-16-41(17-11-38)36(5)31-48-24-22-46-30-43(48)9-7-8-23-47-25-26-49(44(33-47)29-40-14-20-45(50)21-15-40)32-37(6)42-18-12-39(13-19-42)28-35(3)4/h10-21,34-37,43-44,46,50H,7-9,22-33H2,1-6H3/t36?,37?,43-,44-/m0/s1. The van der Waals surface area contributed by atoms with E-state index in [2.05, 4.69) is 122 Å². The first-order valence-corrected chi connectivity index (χ1v) is 20.0. The van der Waals surface area contributed by atoms with Crippen molar-refractivity contribution in [1.82, 2.24) is 20.0 Å². The number of rotatable bonds is 17. The maximum absolute atomic E-state index is 9.90. The second-order valence-electron chi connectivity index (χ2n) is 16.6. The SMILES string of the molecule is CC(C)Cc1ccc(C(C)CN2CCNC[C@@H]2CCCCN2CCN(CC(C)c3ccc(CC(C)C)cc3)[C@@H](Cc3ccc(O)cc3)C2)cc1. The van der Waals surface area contributed by atoms with Crippen LogP contribution in [0.4, 0.5) is 0 Å². The Hall–Kier alpha value is -2.70. The van der Waals surface area contributed by atoms with E-state index < -0.39 is 0 Å². The van der Waals surface area contributed by atoms with Crippen molar-refractivity contribution in [3.8, 4) is 5.75 Å². The third-order valence-corrected chi connectivity index (χ3v) is 11.2. The summed E-state index contributed by atoms with van der Waals surface area (Å²) in [5, 5.41) is 13.6. The summed E-state index contributed by atoms with van der Waals surface area (Å²) >= 11 is 0. The van der Waals surface area contributed by atoms with Gasteiger partial charge < -0.3 is 15.3 Å². The molecule has 0 spiro atoms. The Bertz CT molecular complexity index is 1390. The summed E-state index contributed by atoms with van der Waals surface area (Å²) in [6.45, 7) is 24.2. The smallest absolute Gasteiger partial charge is 0.115 e. The van der Waals surface area contributed by atoms with Crippen LogP contribution >= 0.6 is 0 Å². The topological polar surface area (TPSA) is 42.0 Å². The van der Waals surface area contributed by atoms with E-state index in [9.17, 15) is 5.11 Å². The van der Waals surface area contributed by atoms with E-state index in [1.165, 1.54) is 53.6 Å². The predicted molar refractivity (Wildman–Crippen MR) is 212 cm³/mol. The lowest BCUT2D eigenvalue weighted by Crippen LogP contribution is -2.55. The van der Waals surface area contributed by atoms with Crippen molar-refractivity contribution in [2.24, 2.45) is 11.8 Å². The molecular weight excluding hydrogens is 613 g/mol. The Morgan fingerprint density at radius 1 is 0.640 bits per heavy atom. The van der Waals surface area contributed by atoms with Gasteiger partial charge in [0.2, 0.25) is 0 Å². The molecule has 2 heterocycles. The van der Waals surface area contributed by atoms with Gasteiger partial charge in [0.1, 0.15) is 5.75 Å². The Balaban J connectivity index is 1.11. The number of piperazine rings is 2. The van der Waals surface area contributed by atoms with Crippen molar-refractivity contribution in [3.05, 3.63) is 101 Å². The Morgan fingerprint density at radius 2 is 1.18 bits per heavy atom. The summed E-state index contributed by atoms with van der Waals surface area (Å²) in [5.41, 5.74) is 7.14. The quantitative estimate of drug-likeness (QED) is 0.140. The number of benzene rings is 3. The monoisotopic (exact) mass is 681 g/mol. The number of nitrogens with zero attached hydrogens (tertiary/aromatic N) is 3. The Kier molecular flexibility index (Phi) is 14.8. The van der Waals surface area contributed by atoms with E-state index in [-0.39, 0.29) is 0 Å². The van der Waals surface area contributed by atoms with E-state index in [0.29, 0.717) is 41.5 Å². The van der Waals surface area contributed by atoms with Crippen LogP contribution in [0.5, 0.6) is 5.75 Å². The van der Waals surface area contributed by atoms with Gasteiger partial charge in [-0.2, -0.15) is 0 Å². The molecule has 2 saturated heterocycles. The van der Waals surface area contributed by atoms with Gasteiger partial charge in [0.05, 0.1) is 0 Å². The van der Waals surface area contributed by atoms with Gasteiger partial charge in [-0.05, 0) is 102 Å². The zero-order valence-electron chi connectivity index (χ0n) is 32.3. The molecule has 2 aliphatic heterocycles. The minimum absolute atomic E-state index is 0.349. The van der Waals surface area contributed by atoms with Gasteiger partial charge in [-0.25, -0.2) is 0 Å². The molecule has 4 atom stereocenters. The molecule has 0 aromatic heterocycles. The lowest BCUT2D eigenvalue weighted by Gasteiger charge is -2.43. The largest absolute Gasteiger partial charge is 0.508 e. The molecule has 2 fully saturated rings. The van der Waals surface area contributed by atoms with Crippen LogP contribution in [0.25, 0.3) is 0 Å². The molecule has 50 heavy (non-hydrogen) atoms. The lowest BCUT2D eigenvalue weighted by molar-refractivity contribution is 0.0684. The maximum atomic E-state index is 9.90. The number of aromatic hydroxyl groups is 1. The highest BCUT2D eigenvalue weighted by atomic mass is 16.3. The Labute approximate surface area is 305 Å². The van der Waals surface area contributed by atoms with Crippen molar-refractivity contribution < 1.29 is 5.11 Å². The van der Waals surface area contributed by atoms with E-state index >= 15 is 0 Å². The number of hydrogen-bond donors (Lipinski definition) is 2. The molecule has 3 aromatic rings. The number of nitrogens with one attached hydrogen (secondary N) is 1. The molecule has 3 aromatic carbocycles. The minimum atomic E-state index is 0.349. The van der Waals surface area contributed by atoms with Gasteiger partial charge in [0.25, 0.3) is 0 Å². The first-order chi connectivity index (χ1) is 24.1. The summed E-state index contributed by atoms with van der Waals surface area (Å²) in [6.07, 6.45) is 7.16. The second-order valence-corrected chi connectivity index (χ2v) is 16.6. The van der Waals surface area contributed by atoms with Crippen LogP contribution < -0.4 is 5.32 Å². The minimum Gasteiger partial charge on any atom is -0.508 e. The molecule has 5 nitrogen and oxygen atoms in total. The number of phenols is 1. The molecule has 0 saturated carbocycles. The lowest BCUT2D eigenvalue weighted by atomic mass is 9.94. The van der Waals surface area contributed by atoms with Crippen molar-refractivity contribution in [2.45, 2.75) is 104 Å². The summed E-state index contributed by atoms with van der Waals surface area (Å²) < 4.78 is 0. The maximum Gasteiger partial charge on any atom is 0.115 e. The molecule has 2 unspecified atom stereocenters. The molecule has 0 aliphatic carbocycles. The summed E-state index contributed by atoms with van der Waals surface area (Å²) in [4.78, 5) is 8.25. The van der Waals surface area contributed by atoms with E-state index in [1.807, 2.05) is 12.1 Å². The average molecular weight is 681 g/mol. The zero-order chi connectivity index (χ0) is 35.5. The summed E-state index contributed by atoms with van der Waals surface area (Å²) in [7, 11) is 0. The van der Waals surface area contributed by atoms with Crippen LogP contribution in [-0.2, 0) is 19.3 Å². The number of unbranched alkanes of at least 4 members (excludes halogenated alkanes) is 1. The molecule has 274 valence electrons. The van der Waals surface area contributed by atoms with Crippen molar-refractivity contribution >= 4 is 0 Å². The highest BCUT2D eigenvalue weighted by Gasteiger charge is 2.29. The number of phenolic OH excluding ortho intramolecular Hbond substituents is 1. The summed E-state index contributed by atoms with van der Waals surface area (Å²) in [5.74, 6) is 2.79. The summed E-state index contributed by atoms with van der Waals surface area (Å²) in [6, 6.07) is 27.9. The third-order valence-electron chi connectivity index (χ3n) is 11.2. The molecule has 2 aliphatic rings. The third kappa shape index (κ3) is 11.9. The fourth-order valence-electron chi connectivity index (χ4n) is 8.36. The van der Waals surface area contributed by atoms with Crippen molar-refractivity contribution in [2.75, 3.05) is 58.9 Å². The van der Waals surface area contributed by atoms with Gasteiger partial charge in [0.15, 0.2) is 0 Å². The molecule has 2 N–H and O–H groups in total. The Morgan fingerprint density at radius 3 is 1.74 bits per heavy atom. The van der Waals surface area contributed by atoms with Crippen molar-refractivity contribution in [1.29, 1.82) is 0 Å². The van der Waals surface area contributed by atoms with E-state index in [4.69, 9.17) is 0 Å². The molecule has 5 heteroatoms. The van der Waals surface area contributed by atoms with E-state index in [0.717, 1.165) is 71.6 Å². The highest BCUT2D eigenvalue weighted by molar-refractivity contribution is 5.28. The van der Waals surface area contributed by atoms with Gasteiger partial charge in [-0.3, -0.25) is 9.80 Å². The molecule has 0 bridgehead atoms. The van der Waals surface area contributed by atoms with Gasteiger partial charge in [-0.1, -0.05) is 109 Å². The zero-order valence-corrected chi connectivity index (χ0v) is 32.3. The first kappa shape index (κ1) is 38.5. The predicted octanol–water partition coefficient (Wildman–Crippen LogP) is 8.37. The van der Waals surface area contributed by atoms with Crippen LogP contribution in [0.2, 0.25) is 0 Å². The van der Waals surface area contributed by atoms with Crippen LogP contribution in [-0.4, -0.2) is 90.8 Å². The average Bonchev–Trinajstić information content (AvgIpc) is 3.09. The van der Waals surface area contributed by atoms with Crippen molar-refractivity contribution in [3.63, 3.8) is 0 Å².